The second-order valence-corrected chi connectivity index (χ2v) is 5.68. The Morgan fingerprint density at radius 3 is 2.70 bits per heavy atom. The molecule has 0 spiro atoms. The van der Waals surface area contributed by atoms with Crippen LogP contribution in [0.3, 0.4) is 0 Å². The Labute approximate surface area is 140 Å². The summed E-state index contributed by atoms with van der Waals surface area (Å²) in [5, 5.41) is 3.25. The molecule has 122 valence electrons. The summed E-state index contributed by atoms with van der Waals surface area (Å²) in [4.78, 5) is 21.8. The molecule has 0 saturated carbocycles. The van der Waals surface area contributed by atoms with Gasteiger partial charge in [-0.2, -0.15) is 0 Å². The van der Waals surface area contributed by atoms with Gasteiger partial charge in [-0.15, -0.1) is 0 Å². The summed E-state index contributed by atoms with van der Waals surface area (Å²) in [6.45, 7) is 1.35. The van der Waals surface area contributed by atoms with Crippen LogP contribution in [0, 0.1) is 0 Å². The molecule has 0 aliphatic heterocycles. The van der Waals surface area contributed by atoms with Crippen molar-refractivity contribution < 1.29 is 9.53 Å². The number of likely N-dealkylation sites (N-methyl/N-ethyl adjacent to an activating group) is 1. The molecule has 1 heterocycles. The van der Waals surface area contributed by atoms with E-state index in [2.05, 4.69) is 15.3 Å². The third kappa shape index (κ3) is 5.84. The first-order valence-electron chi connectivity index (χ1n) is 7.15. The van der Waals surface area contributed by atoms with Gasteiger partial charge in [0.25, 0.3) is 0 Å². The molecule has 6 nitrogen and oxygen atoms in total. The summed E-state index contributed by atoms with van der Waals surface area (Å²) in [6, 6.07) is 5.18. The van der Waals surface area contributed by atoms with Crippen molar-refractivity contribution in [3.8, 4) is 5.75 Å². The minimum atomic E-state index is -0.155. The van der Waals surface area contributed by atoms with Gasteiger partial charge in [-0.3, -0.25) is 4.79 Å². The molecule has 0 unspecified atom stereocenters. The summed E-state index contributed by atoms with van der Waals surface area (Å²) in [6.07, 6.45) is 4.86. The number of nitrogens with zero attached hydrogens (tertiary/aromatic N) is 3. The van der Waals surface area contributed by atoms with E-state index < -0.39 is 0 Å². The van der Waals surface area contributed by atoms with Crippen molar-refractivity contribution in [2.75, 3.05) is 32.6 Å². The van der Waals surface area contributed by atoms with E-state index in [1.54, 1.807) is 30.6 Å². The smallest absolute Gasteiger partial charge is 0.228 e. The topological polar surface area (TPSA) is 67.3 Å². The number of benzene rings is 1. The number of carbonyl (C=O) groups is 1. The Hall–Kier alpha value is -2.18. The molecular weight excluding hydrogens is 316 g/mol. The molecule has 7 heteroatoms. The Morgan fingerprint density at radius 2 is 2.04 bits per heavy atom. The van der Waals surface area contributed by atoms with Crippen LogP contribution in [0.5, 0.6) is 5.75 Å². The number of carbonyl (C=O) groups excluding carboxylic acids is 1. The molecule has 0 bridgehead atoms. The van der Waals surface area contributed by atoms with Gasteiger partial charge in [0, 0.05) is 24.6 Å². The molecule has 0 atom stereocenters. The second kappa shape index (κ2) is 8.45. The van der Waals surface area contributed by atoms with E-state index in [0.717, 1.165) is 12.1 Å². The van der Waals surface area contributed by atoms with Gasteiger partial charge >= 0.3 is 0 Å². The highest BCUT2D eigenvalue weighted by Gasteiger charge is 2.08. The largest absolute Gasteiger partial charge is 0.491 e. The molecule has 0 aliphatic carbocycles. The first-order valence-corrected chi connectivity index (χ1v) is 7.53. The molecule has 1 aromatic heterocycles. The molecular formula is C16H19ClN4O2. The molecule has 0 saturated heterocycles. The van der Waals surface area contributed by atoms with E-state index in [-0.39, 0.29) is 12.3 Å². The van der Waals surface area contributed by atoms with Crippen LogP contribution >= 0.6 is 11.6 Å². The van der Waals surface area contributed by atoms with Crippen molar-refractivity contribution in [3.63, 3.8) is 0 Å². The molecule has 1 aromatic carbocycles. The summed E-state index contributed by atoms with van der Waals surface area (Å²) in [7, 11) is 3.95. The Balaban J connectivity index is 1.90. The molecule has 1 amide bonds. The number of amides is 1. The maximum absolute atomic E-state index is 12.0. The lowest BCUT2D eigenvalue weighted by Gasteiger charge is -2.13. The van der Waals surface area contributed by atoms with E-state index in [9.17, 15) is 4.79 Å². The van der Waals surface area contributed by atoms with Crippen LogP contribution in [0.25, 0.3) is 0 Å². The zero-order chi connectivity index (χ0) is 16.7. The number of anilines is 1. The lowest BCUT2D eigenvalue weighted by molar-refractivity contribution is -0.115. The standard InChI is InChI=1S/C16H19ClN4O2/c1-21(2)5-6-23-15-4-3-13(8-14(15)17)20-16(22)7-12-9-18-11-19-10-12/h3-4,8-11H,5-7H2,1-2H3,(H,20,22). The van der Waals surface area contributed by atoms with Crippen LogP contribution in [0.4, 0.5) is 5.69 Å². The molecule has 0 aliphatic rings. The lowest BCUT2D eigenvalue weighted by Crippen LogP contribution is -2.19. The highest BCUT2D eigenvalue weighted by Crippen LogP contribution is 2.27. The van der Waals surface area contributed by atoms with Crippen molar-refractivity contribution in [1.29, 1.82) is 0 Å². The highest BCUT2D eigenvalue weighted by atomic mass is 35.5. The normalized spacial score (nSPS) is 10.6. The van der Waals surface area contributed by atoms with Gasteiger partial charge in [0.1, 0.15) is 18.7 Å². The lowest BCUT2D eigenvalue weighted by atomic mass is 10.2. The van der Waals surface area contributed by atoms with Gasteiger partial charge in [-0.1, -0.05) is 11.6 Å². The molecule has 23 heavy (non-hydrogen) atoms. The van der Waals surface area contributed by atoms with Crippen molar-refractivity contribution in [2.45, 2.75) is 6.42 Å². The van der Waals surface area contributed by atoms with E-state index in [1.807, 2.05) is 19.0 Å². The van der Waals surface area contributed by atoms with Crippen LogP contribution in [-0.2, 0) is 11.2 Å². The van der Waals surface area contributed by atoms with E-state index in [1.165, 1.54) is 6.33 Å². The van der Waals surface area contributed by atoms with Gasteiger partial charge in [0.2, 0.25) is 5.91 Å². The Morgan fingerprint density at radius 1 is 1.30 bits per heavy atom. The summed E-state index contributed by atoms with van der Waals surface area (Å²) in [5.41, 5.74) is 1.37. The monoisotopic (exact) mass is 334 g/mol. The minimum absolute atomic E-state index is 0.155. The minimum Gasteiger partial charge on any atom is -0.491 e. The van der Waals surface area contributed by atoms with Gasteiger partial charge in [0.05, 0.1) is 11.4 Å². The van der Waals surface area contributed by atoms with Gasteiger partial charge in [-0.25, -0.2) is 9.97 Å². The van der Waals surface area contributed by atoms with Crippen molar-refractivity contribution >= 4 is 23.2 Å². The number of ether oxygens (including phenoxy) is 1. The van der Waals surface area contributed by atoms with Crippen LogP contribution in [-0.4, -0.2) is 48.0 Å². The summed E-state index contributed by atoms with van der Waals surface area (Å²) in [5.74, 6) is 0.445. The highest BCUT2D eigenvalue weighted by molar-refractivity contribution is 6.32. The fourth-order valence-electron chi connectivity index (χ4n) is 1.85. The van der Waals surface area contributed by atoms with Gasteiger partial charge in [-0.05, 0) is 37.9 Å². The maximum Gasteiger partial charge on any atom is 0.228 e. The van der Waals surface area contributed by atoms with E-state index in [4.69, 9.17) is 16.3 Å². The first kappa shape index (κ1) is 17.2. The predicted molar refractivity (Wildman–Crippen MR) is 89.9 cm³/mol. The van der Waals surface area contributed by atoms with Crippen LogP contribution in [0.2, 0.25) is 5.02 Å². The average molecular weight is 335 g/mol. The summed E-state index contributed by atoms with van der Waals surface area (Å²) >= 11 is 6.18. The summed E-state index contributed by atoms with van der Waals surface area (Å²) < 4.78 is 5.60. The molecule has 1 N–H and O–H groups in total. The maximum atomic E-state index is 12.0. The predicted octanol–water partition coefficient (Wildman–Crippen LogP) is 2.25. The van der Waals surface area contributed by atoms with Crippen LogP contribution in [0.1, 0.15) is 5.56 Å². The van der Waals surface area contributed by atoms with Gasteiger partial charge < -0.3 is 15.0 Å². The number of nitrogens with one attached hydrogen (secondary N) is 1. The number of hydrogen-bond donors (Lipinski definition) is 1. The number of aromatic nitrogens is 2. The second-order valence-electron chi connectivity index (χ2n) is 5.27. The fraction of sp³-hybridized carbons (Fsp3) is 0.312. The van der Waals surface area contributed by atoms with Crippen LogP contribution in [0.15, 0.2) is 36.9 Å². The number of hydrogen-bond acceptors (Lipinski definition) is 5. The van der Waals surface area contributed by atoms with Gasteiger partial charge in [0.15, 0.2) is 0 Å². The number of rotatable bonds is 7. The SMILES string of the molecule is CN(C)CCOc1ccc(NC(=O)Cc2cncnc2)cc1Cl. The van der Waals surface area contributed by atoms with Crippen molar-refractivity contribution in [2.24, 2.45) is 0 Å². The third-order valence-corrected chi connectivity index (χ3v) is 3.29. The molecule has 0 fully saturated rings. The fourth-order valence-corrected chi connectivity index (χ4v) is 2.08. The molecule has 0 radical (unpaired) electrons. The third-order valence-electron chi connectivity index (χ3n) is 2.99. The van der Waals surface area contributed by atoms with E-state index >= 15 is 0 Å². The van der Waals surface area contributed by atoms with Crippen molar-refractivity contribution in [1.82, 2.24) is 14.9 Å². The number of halogens is 1. The molecule has 2 aromatic rings. The Bertz CT molecular complexity index is 650. The van der Waals surface area contributed by atoms with Crippen LogP contribution < -0.4 is 10.1 Å². The molecule has 2 rings (SSSR count). The first-order chi connectivity index (χ1) is 11.0. The zero-order valence-electron chi connectivity index (χ0n) is 13.1. The van der Waals surface area contributed by atoms with E-state index in [0.29, 0.717) is 23.1 Å². The zero-order valence-corrected chi connectivity index (χ0v) is 13.9. The Kier molecular flexibility index (Phi) is 6.31. The average Bonchev–Trinajstić information content (AvgIpc) is 2.50. The quantitative estimate of drug-likeness (QED) is 0.841. The van der Waals surface area contributed by atoms with Crippen molar-refractivity contribution in [3.05, 3.63) is 47.5 Å².